The molecule has 1 aliphatic heterocycles. The minimum atomic E-state index is -0.228. The molecule has 1 fully saturated rings. The van der Waals surface area contributed by atoms with Crippen molar-refractivity contribution in [2.75, 3.05) is 26.2 Å². The summed E-state index contributed by atoms with van der Waals surface area (Å²) >= 11 is 0. The minimum absolute atomic E-state index is 0.00799. The lowest BCUT2D eigenvalue weighted by Crippen LogP contribution is -2.40. The number of aryl methyl sites for hydroxylation is 1. The van der Waals surface area contributed by atoms with Gasteiger partial charge in [-0.3, -0.25) is 4.79 Å². The Kier molecular flexibility index (Phi) is 7.03. The van der Waals surface area contributed by atoms with Gasteiger partial charge in [-0.05, 0) is 49.3 Å². The second-order valence-corrected chi connectivity index (χ2v) is 7.00. The van der Waals surface area contributed by atoms with Gasteiger partial charge >= 0.3 is 0 Å². The highest BCUT2D eigenvalue weighted by molar-refractivity contribution is 5.76. The molecule has 2 atom stereocenters. The summed E-state index contributed by atoms with van der Waals surface area (Å²) in [6.45, 7) is 8.72. The van der Waals surface area contributed by atoms with Gasteiger partial charge < -0.3 is 10.2 Å². The smallest absolute Gasteiger partial charge is 0.220 e. The highest BCUT2D eigenvalue weighted by Gasteiger charge is 2.20. The van der Waals surface area contributed by atoms with Gasteiger partial charge in [-0.2, -0.15) is 0 Å². The predicted molar refractivity (Wildman–Crippen MR) is 91.7 cm³/mol. The Hall–Kier alpha value is -1.42. The lowest BCUT2D eigenvalue weighted by Gasteiger charge is -2.34. The maximum absolute atomic E-state index is 13.5. The number of hydrogen-bond donors (Lipinski definition) is 1. The summed E-state index contributed by atoms with van der Waals surface area (Å²) in [5.74, 6) is 1.32. The van der Waals surface area contributed by atoms with Crippen LogP contribution in [0, 0.1) is 17.7 Å². The van der Waals surface area contributed by atoms with E-state index >= 15 is 0 Å². The summed E-state index contributed by atoms with van der Waals surface area (Å²) in [6, 6.07) is 6.65. The highest BCUT2D eigenvalue weighted by atomic mass is 19.1. The molecule has 0 saturated carbocycles. The number of rotatable bonds is 7. The molecule has 0 radical (unpaired) electrons. The molecule has 1 N–H and O–H groups in total. The van der Waals surface area contributed by atoms with Crippen LogP contribution in [0.3, 0.4) is 0 Å². The van der Waals surface area contributed by atoms with Crippen molar-refractivity contribution in [2.45, 2.75) is 39.5 Å². The molecule has 3 nitrogen and oxygen atoms in total. The fraction of sp³-hybridized carbons (Fsp3) is 0.632. The number of nitrogens with zero attached hydrogens (tertiary/aromatic N) is 1. The van der Waals surface area contributed by atoms with Crippen LogP contribution in [0.25, 0.3) is 0 Å². The summed E-state index contributed by atoms with van der Waals surface area (Å²) in [4.78, 5) is 14.3. The number of carbonyl (C=O) groups is 1. The Balaban J connectivity index is 1.59. The van der Waals surface area contributed by atoms with E-state index in [1.54, 1.807) is 18.2 Å². The van der Waals surface area contributed by atoms with Crippen LogP contribution in [0.15, 0.2) is 24.3 Å². The van der Waals surface area contributed by atoms with E-state index < -0.39 is 0 Å². The minimum Gasteiger partial charge on any atom is -0.356 e. The molecule has 1 heterocycles. The third kappa shape index (κ3) is 6.30. The SMILES string of the molecule is C[C@@H]1C[C@H](C)CN(CCCNC(=O)CCc2ccccc2F)C1. The zero-order chi connectivity index (χ0) is 16.7. The van der Waals surface area contributed by atoms with E-state index in [1.807, 2.05) is 0 Å². The molecule has 1 amide bonds. The molecule has 23 heavy (non-hydrogen) atoms. The Morgan fingerprint density at radius 2 is 1.96 bits per heavy atom. The van der Waals surface area contributed by atoms with Crippen molar-refractivity contribution in [1.29, 1.82) is 0 Å². The van der Waals surface area contributed by atoms with Crippen molar-refractivity contribution >= 4 is 5.91 Å². The Morgan fingerprint density at radius 3 is 2.65 bits per heavy atom. The number of halogens is 1. The van der Waals surface area contributed by atoms with E-state index in [9.17, 15) is 9.18 Å². The molecule has 2 rings (SSSR count). The van der Waals surface area contributed by atoms with Crippen molar-refractivity contribution in [2.24, 2.45) is 11.8 Å². The molecule has 1 aromatic rings. The van der Waals surface area contributed by atoms with Crippen LogP contribution < -0.4 is 5.32 Å². The van der Waals surface area contributed by atoms with E-state index in [-0.39, 0.29) is 11.7 Å². The maximum Gasteiger partial charge on any atom is 0.220 e. The summed E-state index contributed by atoms with van der Waals surface area (Å²) in [5, 5.41) is 2.95. The Labute approximate surface area is 139 Å². The van der Waals surface area contributed by atoms with Gasteiger partial charge in [-0.25, -0.2) is 4.39 Å². The molecule has 1 saturated heterocycles. The van der Waals surface area contributed by atoms with E-state index in [4.69, 9.17) is 0 Å². The number of likely N-dealkylation sites (tertiary alicyclic amines) is 1. The lowest BCUT2D eigenvalue weighted by molar-refractivity contribution is -0.121. The molecule has 0 bridgehead atoms. The van der Waals surface area contributed by atoms with Crippen molar-refractivity contribution in [3.05, 3.63) is 35.6 Å². The zero-order valence-corrected chi connectivity index (χ0v) is 14.4. The topological polar surface area (TPSA) is 32.3 Å². The van der Waals surface area contributed by atoms with E-state index in [0.717, 1.165) is 24.8 Å². The van der Waals surface area contributed by atoms with Gasteiger partial charge in [0.1, 0.15) is 5.82 Å². The van der Waals surface area contributed by atoms with Gasteiger partial charge in [0.05, 0.1) is 0 Å². The molecule has 0 unspecified atom stereocenters. The fourth-order valence-corrected chi connectivity index (χ4v) is 3.54. The lowest BCUT2D eigenvalue weighted by atomic mass is 9.92. The van der Waals surface area contributed by atoms with Crippen LogP contribution in [-0.2, 0) is 11.2 Å². The first-order valence-electron chi connectivity index (χ1n) is 8.77. The Bertz CT molecular complexity index is 496. The highest BCUT2D eigenvalue weighted by Crippen LogP contribution is 2.20. The largest absolute Gasteiger partial charge is 0.356 e. The first kappa shape index (κ1) is 17.9. The number of nitrogens with one attached hydrogen (secondary N) is 1. The number of carbonyl (C=O) groups excluding carboxylic acids is 1. The quantitative estimate of drug-likeness (QED) is 0.782. The zero-order valence-electron chi connectivity index (χ0n) is 14.4. The molecule has 1 aliphatic rings. The monoisotopic (exact) mass is 320 g/mol. The maximum atomic E-state index is 13.5. The molecule has 0 aromatic heterocycles. The summed E-state index contributed by atoms with van der Waals surface area (Å²) in [6.07, 6.45) is 3.10. The number of benzene rings is 1. The van der Waals surface area contributed by atoms with Crippen molar-refractivity contribution in [3.8, 4) is 0 Å². The van der Waals surface area contributed by atoms with E-state index in [2.05, 4.69) is 24.1 Å². The average molecular weight is 320 g/mol. The molecule has 0 spiro atoms. The van der Waals surface area contributed by atoms with Crippen LogP contribution in [0.2, 0.25) is 0 Å². The summed E-state index contributed by atoms with van der Waals surface area (Å²) in [5.41, 5.74) is 0.610. The van der Waals surface area contributed by atoms with Crippen LogP contribution in [0.5, 0.6) is 0 Å². The van der Waals surface area contributed by atoms with Gasteiger partial charge in [0.2, 0.25) is 5.91 Å². The van der Waals surface area contributed by atoms with Crippen LogP contribution in [0.4, 0.5) is 4.39 Å². The van der Waals surface area contributed by atoms with Gasteiger partial charge in [-0.15, -0.1) is 0 Å². The molecular formula is C19H29FN2O. The third-order valence-electron chi connectivity index (χ3n) is 4.50. The van der Waals surface area contributed by atoms with E-state index in [0.29, 0.717) is 24.9 Å². The van der Waals surface area contributed by atoms with Gasteiger partial charge in [0, 0.05) is 26.1 Å². The van der Waals surface area contributed by atoms with Gasteiger partial charge in [-0.1, -0.05) is 32.0 Å². The standard InChI is InChI=1S/C19H29FN2O/c1-15-12-16(2)14-22(13-15)11-5-10-21-19(23)9-8-17-6-3-4-7-18(17)20/h3-4,6-7,15-16H,5,8-14H2,1-2H3,(H,21,23)/t15-,16+. The van der Waals surface area contributed by atoms with Crippen molar-refractivity contribution in [1.82, 2.24) is 10.2 Å². The Morgan fingerprint density at radius 1 is 1.26 bits per heavy atom. The third-order valence-corrected chi connectivity index (χ3v) is 4.50. The normalized spacial score (nSPS) is 22.0. The molecule has 4 heteroatoms. The van der Waals surface area contributed by atoms with Crippen molar-refractivity contribution < 1.29 is 9.18 Å². The number of amides is 1. The van der Waals surface area contributed by atoms with Gasteiger partial charge in [0.15, 0.2) is 0 Å². The first-order chi connectivity index (χ1) is 11.0. The number of piperidine rings is 1. The fourth-order valence-electron chi connectivity index (χ4n) is 3.54. The van der Waals surface area contributed by atoms with E-state index in [1.165, 1.54) is 25.6 Å². The molecule has 1 aromatic carbocycles. The average Bonchev–Trinajstić information content (AvgIpc) is 2.50. The summed E-state index contributed by atoms with van der Waals surface area (Å²) < 4.78 is 13.5. The van der Waals surface area contributed by atoms with Crippen LogP contribution >= 0.6 is 0 Å². The predicted octanol–water partition coefficient (Wildman–Crippen LogP) is 3.24. The molecular weight excluding hydrogens is 291 g/mol. The first-order valence-corrected chi connectivity index (χ1v) is 8.77. The van der Waals surface area contributed by atoms with Crippen molar-refractivity contribution in [3.63, 3.8) is 0 Å². The van der Waals surface area contributed by atoms with Crippen LogP contribution in [0.1, 0.15) is 38.7 Å². The van der Waals surface area contributed by atoms with Crippen LogP contribution in [-0.4, -0.2) is 37.0 Å². The van der Waals surface area contributed by atoms with Gasteiger partial charge in [0.25, 0.3) is 0 Å². The molecule has 128 valence electrons. The number of hydrogen-bond acceptors (Lipinski definition) is 2. The molecule has 0 aliphatic carbocycles. The summed E-state index contributed by atoms with van der Waals surface area (Å²) in [7, 11) is 0. The second kappa shape index (κ2) is 9.02. The second-order valence-electron chi connectivity index (χ2n) is 7.00.